The Balaban J connectivity index is 2.88. The first kappa shape index (κ1) is 13.2. The Hall–Kier alpha value is -0.850. The first-order valence-corrected chi connectivity index (χ1v) is 6.19. The van der Waals surface area contributed by atoms with Crippen LogP contribution in [0, 0.1) is 17.3 Å². The van der Waals surface area contributed by atoms with E-state index in [-0.39, 0.29) is 5.41 Å². The molecule has 0 aromatic heterocycles. The van der Waals surface area contributed by atoms with Crippen molar-refractivity contribution in [2.45, 2.75) is 46.5 Å². The second kappa shape index (κ2) is 4.99. The molecule has 1 unspecified atom stereocenters. The third kappa shape index (κ3) is 2.28. The van der Waals surface area contributed by atoms with Crippen LogP contribution in [0.25, 0.3) is 0 Å². The van der Waals surface area contributed by atoms with Crippen molar-refractivity contribution in [1.29, 1.82) is 0 Å². The van der Waals surface area contributed by atoms with Crippen molar-refractivity contribution in [3.05, 3.63) is 24.3 Å². The molecule has 0 radical (unpaired) electrons. The topological polar surface area (TPSA) is 17.1 Å². The Kier molecular flexibility index (Phi) is 4.12. The molecule has 1 nitrogen and oxygen atoms in total. The maximum atomic E-state index is 10.7. The standard InChI is InChI=1S/C15H24O/c1-11(2)14-6-8-15(10-14,12(3)4)13(5)7-9-16/h9,13-14H,1,3,6-8,10H2,2,4-5H3/t13?,14-,15-/m1/s1. The Bertz CT molecular complexity index is 303. The smallest absolute Gasteiger partial charge is 0.120 e. The van der Waals surface area contributed by atoms with Crippen molar-refractivity contribution >= 4 is 6.29 Å². The van der Waals surface area contributed by atoms with Crippen molar-refractivity contribution in [3.63, 3.8) is 0 Å². The van der Waals surface area contributed by atoms with Crippen molar-refractivity contribution in [2.75, 3.05) is 0 Å². The lowest BCUT2D eigenvalue weighted by Crippen LogP contribution is -2.27. The van der Waals surface area contributed by atoms with Crippen LogP contribution < -0.4 is 0 Å². The Morgan fingerprint density at radius 3 is 2.50 bits per heavy atom. The minimum absolute atomic E-state index is 0.171. The molecule has 3 atom stereocenters. The van der Waals surface area contributed by atoms with Crippen LogP contribution in [0.4, 0.5) is 0 Å². The summed E-state index contributed by atoms with van der Waals surface area (Å²) < 4.78 is 0. The highest BCUT2D eigenvalue weighted by atomic mass is 16.1. The van der Waals surface area contributed by atoms with Gasteiger partial charge in [0.25, 0.3) is 0 Å². The molecule has 0 heterocycles. The summed E-state index contributed by atoms with van der Waals surface area (Å²) in [6.45, 7) is 14.6. The van der Waals surface area contributed by atoms with E-state index in [1.165, 1.54) is 17.6 Å². The van der Waals surface area contributed by atoms with Crippen molar-refractivity contribution in [1.82, 2.24) is 0 Å². The predicted molar refractivity (Wildman–Crippen MR) is 69.2 cm³/mol. The number of hydrogen-bond donors (Lipinski definition) is 0. The summed E-state index contributed by atoms with van der Waals surface area (Å²) in [4.78, 5) is 10.7. The Morgan fingerprint density at radius 1 is 1.50 bits per heavy atom. The molecule has 0 amide bonds. The SMILES string of the molecule is C=C(C)[C@@H]1CC[C@@](C(=C)C)(C(C)CC=O)C1. The molecule has 1 rings (SSSR count). The van der Waals surface area contributed by atoms with Gasteiger partial charge in [0.05, 0.1) is 0 Å². The second-order valence-corrected chi connectivity index (χ2v) is 5.53. The number of carbonyl (C=O) groups is 1. The van der Waals surface area contributed by atoms with E-state index in [0.29, 0.717) is 18.3 Å². The van der Waals surface area contributed by atoms with Gasteiger partial charge in [0, 0.05) is 6.42 Å². The molecule has 0 aliphatic heterocycles. The number of rotatable bonds is 5. The average molecular weight is 220 g/mol. The molecule has 0 N–H and O–H groups in total. The Labute approximate surface area is 99.6 Å². The van der Waals surface area contributed by atoms with E-state index in [1.54, 1.807) is 0 Å². The van der Waals surface area contributed by atoms with E-state index in [2.05, 4.69) is 33.9 Å². The summed E-state index contributed by atoms with van der Waals surface area (Å²) in [6, 6.07) is 0. The van der Waals surface area contributed by atoms with Crippen LogP contribution in [0.2, 0.25) is 0 Å². The second-order valence-electron chi connectivity index (χ2n) is 5.53. The van der Waals surface area contributed by atoms with Crippen molar-refractivity contribution in [2.24, 2.45) is 17.3 Å². The van der Waals surface area contributed by atoms with Gasteiger partial charge in [-0.2, -0.15) is 0 Å². The predicted octanol–water partition coefficient (Wildman–Crippen LogP) is 4.15. The van der Waals surface area contributed by atoms with Crippen LogP contribution in [0.15, 0.2) is 24.3 Å². The van der Waals surface area contributed by atoms with Gasteiger partial charge in [0.1, 0.15) is 6.29 Å². The molecule has 90 valence electrons. The van der Waals surface area contributed by atoms with Crippen LogP contribution in [0.3, 0.4) is 0 Å². The molecule has 1 aliphatic rings. The molecule has 0 saturated heterocycles. The highest BCUT2D eigenvalue weighted by Gasteiger charge is 2.43. The van der Waals surface area contributed by atoms with Gasteiger partial charge < -0.3 is 4.79 Å². The molecule has 1 fully saturated rings. The first-order chi connectivity index (χ1) is 7.44. The Morgan fingerprint density at radius 2 is 2.12 bits per heavy atom. The maximum absolute atomic E-state index is 10.7. The third-order valence-corrected chi connectivity index (χ3v) is 4.49. The number of allylic oxidation sites excluding steroid dienone is 2. The molecular weight excluding hydrogens is 196 g/mol. The fourth-order valence-corrected chi connectivity index (χ4v) is 3.12. The average Bonchev–Trinajstić information content (AvgIpc) is 2.63. The van der Waals surface area contributed by atoms with Gasteiger partial charge >= 0.3 is 0 Å². The molecule has 16 heavy (non-hydrogen) atoms. The highest BCUT2D eigenvalue weighted by molar-refractivity contribution is 5.50. The maximum Gasteiger partial charge on any atom is 0.120 e. The van der Waals surface area contributed by atoms with Gasteiger partial charge in [-0.3, -0.25) is 0 Å². The zero-order chi connectivity index (χ0) is 12.3. The normalized spacial score (nSPS) is 31.1. The molecule has 1 heteroatoms. The van der Waals surface area contributed by atoms with Crippen LogP contribution >= 0.6 is 0 Å². The molecular formula is C15H24O. The molecule has 0 aromatic rings. The largest absolute Gasteiger partial charge is 0.303 e. The number of carbonyl (C=O) groups excluding carboxylic acids is 1. The van der Waals surface area contributed by atoms with Gasteiger partial charge in [-0.25, -0.2) is 0 Å². The molecule has 0 bridgehead atoms. The first-order valence-electron chi connectivity index (χ1n) is 6.19. The summed E-state index contributed by atoms with van der Waals surface area (Å²) in [5.74, 6) is 1.03. The molecule has 0 aromatic carbocycles. The van der Waals surface area contributed by atoms with Gasteiger partial charge in [-0.05, 0) is 50.4 Å². The van der Waals surface area contributed by atoms with Gasteiger partial charge in [-0.15, -0.1) is 0 Å². The van der Waals surface area contributed by atoms with E-state index in [4.69, 9.17) is 0 Å². The van der Waals surface area contributed by atoms with E-state index < -0.39 is 0 Å². The van der Waals surface area contributed by atoms with Crippen LogP contribution in [0.5, 0.6) is 0 Å². The van der Waals surface area contributed by atoms with E-state index in [0.717, 1.165) is 19.1 Å². The lowest BCUT2D eigenvalue weighted by molar-refractivity contribution is -0.109. The lowest BCUT2D eigenvalue weighted by atomic mass is 9.68. The van der Waals surface area contributed by atoms with E-state index >= 15 is 0 Å². The quantitative estimate of drug-likeness (QED) is 0.502. The summed E-state index contributed by atoms with van der Waals surface area (Å²) >= 11 is 0. The van der Waals surface area contributed by atoms with Gasteiger partial charge in [-0.1, -0.05) is 31.2 Å². The summed E-state index contributed by atoms with van der Waals surface area (Å²) in [7, 11) is 0. The third-order valence-electron chi connectivity index (χ3n) is 4.49. The number of aldehydes is 1. The highest BCUT2D eigenvalue weighted by Crippen LogP contribution is 2.53. The van der Waals surface area contributed by atoms with E-state index in [9.17, 15) is 4.79 Å². The summed E-state index contributed by atoms with van der Waals surface area (Å²) in [5, 5.41) is 0. The fraction of sp³-hybridized carbons (Fsp3) is 0.667. The van der Waals surface area contributed by atoms with Gasteiger partial charge in [0.2, 0.25) is 0 Å². The zero-order valence-corrected chi connectivity index (χ0v) is 10.9. The molecule has 1 saturated carbocycles. The zero-order valence-electron chi connectivity index (χ0n) is 10.9. The summed E-state index contributed by atoms with van der Waals surface area (Å²) in [6.07, 6.45) is 5.19. The molecule has 0 spiro atoms. The lowest BCUT2D eigenvalue weighted by Gasteiger charge is -2.36. The van der Waals surface area contributed by atoms with Crippen molar-refractivity contribution < 1.29 is 4.79 Å². The van der Waals surface area contributed by atoms with Crippen LogP contribution in [-0.4, -0.2) is 6.29 Å². The minimum Gasteiger partial charge on any atom is -0.303 e. The van der Waals surface area contributed by atoms with E-state index in [1.807, 2.05) is 0 Å². The molecule has 1 aliphatic carbocycles. The minimum atomic E-state index is 0.171. The summed E-state index contributed by atoms with van der Waals surface area (Å²) in [5.41, 5.74) is 2.69. The number of hydrogen-bond acceptors (Lipinski definition) is 1. The van der Waals surface area contributed by atoms with Crippen molar-refractivity contribution in [3.8, 4) is 0 Å². The van der Waals surface area contributed by atoms with Gasteiger partial charge in [0.15, 0.2) is 0 Å². The fourth-order valence-electron chi connectivity index (χ4n) is 3.12. The van der Waals surface area contributed by atoms with Crippen LogP contribution in [-0.2, 0) is 4.79 Å². The monoisotopic (exact) mass is 220 g/mol. The van der Waals surface area contributed by atoms with Crippen LogP contribution in [0.1, 0.15) is 46.5 Å².